The summed E-state index contributed by atoms with van der Waals surface area (Å²) in [5, 5.41) is 0. The molecule has 2 fully saturated rings. The fourth-order valence-corrected chi connectivity index (χ4v) is 6.29. The Kier molecular flexibility index (Phi) is 6.06. The molecule has 0 amide bonds. The molecule has 0 aliphatic carbocycles. The Morgan fingerprint density at radius 3 is 2.75 bits per heavy atom. The fraction of sp³-hybridized carbons (Fsp3) is 0.706. The zero-order valence-electron chi connectivity index (χ0n) is 14.6. The van der Waals surface area contributed by atoms with Crippen LogP contribution in [0.3, 0.4) is 0 Å². The fourth-order valence-electron chi connectivity index (χ4n) is 3.50. The molecular formula is C17H28N3O3P. The van der Waals surface area contributed by atoms with Gasteiger partial charge in [-0.2, -0.15) is 0 Å². The van der Waals surface area contributed by atoms with Crippen molar-refractivity contribution in [3.8, 4) is 0 Å². The van der Waals surface area contributed by atoms with Crippen LogP contribution in [0.5, 0.6) is 0 Å². The molecule has 3 heterocycles. The number of aromatic nitrogens is 1. The highest BCUT2D eigenvalue weighted by Crippen LogP contribution is 2.60. The second-order valence-electron chi connectivity index (χ2n) is 6.67. The van der Waals surface area contributed by atoms with Crippen molar-refractivity contribution in [1.29, 1.82) is 0 Å². The maximum atomic E-state index is 14.1. The summed E-state index contributed by atoms with van der Waals surface area (Å²) in [6.45, 7) is 7.22. The lowest BCUT2D eigenvalue weighted by Crippen LogP contribution is -2.43. The van der Waals surface area contributed by atoms with Crippen molar-refractivity contribution in [2.45, 2.75) is 45.3 Å². The summed E-state index contributed by atoms with van der Waals surface area (Å²) < 4.78 is 29.7. The summed E-state index contributed by atoms with van der Waals surface area (Å²) in [7, 11) is -3.09. The standard InChI is InChI=1S/C17H28N3O3P/c1-15(2)23-24(21,19-10-12-22-13-11-19)20-9-4-3-7-17(20)16-6-5-8-18-14-16/h5-6,8,14-15,17H,3-4,7,9-13H2,1-2H3/t17-,24?/m0/s1. The molecule has 1 aromatic heterocycles. The predicted octanol–water partition coefficient (Wildman–Crippen LogP) is 3.47. The third-order valence-electron chi connectivity index (χ3n) is 4.56. The van der Waals surface area contributed by atoms with E-state index in [0.717, 1.165) is 31.4 Å². The number of rotatable bonds is 5. The Morgan fingerprint density at radius 1 is 1.29 bits per heavy atom. The topological polar surface area (TPSA) is 54.9 Å². The molecule has 1 unspecified atom stereocenters. The number of hydrogen-bond donors (Lipinski definition) is 0. The first kappa shape index (κ1) is 18.0. The van der Waals surface area contributed by atoms with Crippen LogP contribution in [0.1, 0.15) is 44.7 Å². The summed E-state index contributed by atoms with van der Waals surface area (Å²) in [5.74, 6) is 0. The third kappa shape index (κ3) is 3.89. The lowest BCUT2D eigenvalue weighted by molar-refractivity contribution is 0.0490. The average Bonchev–Trinajstić information content (AvgIpc) is 2.62. The summed E-state index contributed by atoms with van der Waals surface area (Å²) in [4.78, 5) is 4.26. The minimum Gasteiger partial charge on any atom is -0.379 e. The van der Waals surface area contributed by atoms with Crippen molar-refractivity contribution >= 4 is 7.67 Å². The largest absolute Gasteiger partial charge is 0.379 e. The monoisotopic (exact) mass is 353 g/mol. The highest BCUT2D eigenvalue weighted by atomic mass is 31.2. The van der Waals surface area contributed by atoms with Gasteiger partial charge in [-0.3, -0.25) is 9.55 Å². The van der Waals surface area contributed by atoms with Gasteiger partial charge in [0, 0.05) is 38.1 Å². The second kappa shape index (κ2) is 8.07. The molecule has 134 valence electrons. The van der Waals surface area contributed by atoms with Gasteiger partial charge in [-0.15, -0.1) is 0 Å². The normalized spacial score (nSPS) is 26.4. The van der Waals surface area contributed by atoms with Crippen LogP contribution in [0.25, 0.3) is 0 Å². The van der Waals surface area contributed by atoms with Crippen molar-refractivity contribution in [1.82, 2.24) is 14.3 Å². The Bertz CT molecular complexity index is 563. The van der Waals surface area contributed by atoms with Crippen LogP contribution in [0.2, 0.25) is 0 Å². The van der Waals surface area contributed by atoms with Crippen LogP contribution in [-0.2, 0) is 13.8 Å². The smallest absolute Gasteiger partial charge is 0.347 e. The minimum absolute atomic E-state index is 0.0878. The van der Waals surface area contributed by atoms with E-state index < -0.39 is 7.67 Å². The highest BCUT2D eigenvalue weighted by Gasteiger charge is 2.45. The SMILES string of the molecule is CC(C)OP(=O)(N1CCOCC1)N1CCCC[C@H]1c1cccnc1. The number of hydrogen-bond acceptors (Lipinski definition) is 4. The highest BCUT2D eigenvalue weighted by molar-refractivity contribution is 7.54. The first-order valence-corrected chi connectivity index (χ1v) is 10.4. The maximum Gasteiger partial charge on any atom is 0.347 e. The maximum absolute atomic E-state index is 14.1. The summed E-state index contributed by atoms with van der Waals surface area (Å²) >= 11 is 0. The van der Waals surface area contributed by atoms with E-state index >= 15 is 0 Å². The lowest BCUT2D eigenvalue weighted by Gasteiger charge is -2.45. The van der Waals surface area contributed by atoms with Crippen LogP contribution in [-0.4, -0.2) is 53.3 Å². The summed E-state index contributed by atoms with van der Waals surface area (Å²) in [5.41, 5.74) is 1.12. The first-order valence-electron chi connectivity index (χ1n) is 8.90. The van der Waals surface area contributed by atoms with Crippen molar-refractivity contribution in [2.24, 2.45) is 0 Å². The molecule has 2 aliphatic rings. The number of pyridine rings is 1. The Hall–Kier alpha value is -0.780. The van der Waals surface area contributed by atoms with Gasteiger partial charge in [0.15, 0.2) is 0 Å². The molecule has 2 atom stereocenters. The minimum atomic E-state index is -3.09. The Labute approximate surface area is 144 Å². The van der Waals surface area contributed by atoms with Gasteiger partial charge in [-0.25, -0.2) is 9.34 Å². The molecule has 0 spiro atoms. The summed E-state index contributed by atoms with van der Waals surface area (Å²) in [6, 6.07) is 4.12. The van der Waals surface area contributed by atoms with Crippen molar-refractivity contribution < 1.29 is 13.8 Å². The van der Waals surface area contributed by atoms with E-state index in [1.54, 1.807) is 6.20 Å². The van der Waals surface area contributed by atoms with Gasteiger partial charge >= 0.3 is 7.67 Å². The van der Waals surface area contributed by atoms with E-state index in [0.29, 0.717) is 26.3 Å². The van der Waals surface area contributed by atoms with Crippen LogP contribution in [0.15, 0.2) is 24.5 Å². The van der Waals surface area contributed by atoms with Gasteiger partial charge in [0.25, 0.3) is 0 Å². The second-order valence-corrected chi connectivity index (χ2v) is 8.94. The van der Waals surface area contributed by atoms with Gasteiger partial charge in [-0.05, 0) is 38.3 Å². The molecular weight excluding hydrogens is 325 g/mol. The quantitative estimate of drug-likeness (QED) is 0.756. The van der Waals surface area contributed by atoms with E-state index in [4.69, 9.17) is 9.26 Å². The number of piperidine rings is 1. The number of ether oxygens (including phenoxy) is 1. The molecule has 3 rings (SSSR count). The molecule has 0 bridgehead atoms. The average molecular weight is 353 g/mol. The molecule has 0 aromatic carbocycles. The van der Waals surface area contributed by atoms with Crippen LogP contribution in [0, 0.1) is 0 Å². The van der Waals surface area contributed by atoms with E-state index in [2.05, 4.69) is 15.7 Å². The zero-order chi connectivity index (χ0) is 17.0. The van der Waals surface area contributed by atoms with Gasteiger partial charge in [-0.1, -0.05) is 12.5 Å². The van der Waals surface area contributed by atoms with Crippen LogP contribution in [0.4, 0.5) is 0 Å². The molecule has 2 aliphatic heterocycles. The first-order chi connectivity index (χ1) is 11.6. The molecule has 24 heavy (non-hydrogen) atoms. The van der Waals surface area contributed by atoms with E-state index in [-0.39, 0.29) is 12.1 Å². The van der Waals surface area contributed by atoms with Gasteiger partial charge in [0.1, 0.15) is 0 Å². The predicted molar refractivity (Wildman–Crippen MR) is 93.8 cm³/mol. The molecule has 6 nitrogen and oxygen atoms in total. The molecule has 2 saturated heterocycles. The van der Waals surface area contributed by atoms with Crippen molar-refractivity contribution in [3.05, 3.63) is 30.1 Å². The Balaban J connectivity index is 1.92. The molecule has 0 saturated carbocycles. The van der Waals surface area contributed by atoms with Crippen molar-refractivity contribution in [3.63, 3.8) is 0 Å². The molecule has 7 heteroatoms. The van der Waals surface area contributed by atoms with Crippen LogP contribution >= 0.6 is 7.67 Å². The summed E-state index contributed by atoms with van der Waals surface area (Å²) in [6.07, 6.45) is 6.76. The molecule has 0 N–H and O–H groups in total. The van der Waals surface area contributed by atoms with E-state index in [1.807, 2.05) is 30.8 Å². The van der Waals surface area contributed by atoms with E-state index in [1.165, 1.54) is 0 Å². The van der Waals surface area contributed by atoms with Crippen molar-refractivity contribution in [2.75, 3.05) is 32.8 Å². The van der Waals surface area contributed by atoms with Crippen LogP contribution < -0.4 is 0 Å². The Morgan fingerprint density at radius 2 is 2.08 bits per heavy atom. The van der Waals surface area contributed by atoms with Gasteiger partial charge in [0.05, 0.1) is 19.3 Å². The molecule has 1 aromatic rings. The van der Waals surface area contributed by atoms with E-state index in [9.17, 15) is 4.57 Å². The number of nitrogens with zero attached hydrogens (tertiary/aromatic N) is 3. The van der Waals surface area contributed by atoms with Gasteiger partial charge in [0.2, 0.25) is 0 Å². The van der Waals surface area contributed by atoms with Gasteiger partial charge < -0.3 is 9.26 Å². The molecule has 0 radical (unpaired) electrons. The number of morpholine rings is 1. The lowest BCUT2D eigenvalue weighted by atomic mass is 9.99. The third-order valence-corrected chi connectivity index (χ3v) is 7.50. The zero-order valence-corrected chi connectivity index (χ0v) is 15.5.